The van der Waals surface area contributed by atoms with Crippen molar-refractivity contribution in [2.75, 3.05) is 19.6 Å². The summed E-state index contributed by atoms with van der Waals surface area (Å²) in [6.07, 6.45) is 6.66. The molecule has 2 atom stereocenters. The van der Waals surface area contributed by atoms with E-state index in [0.717, 1.165) is 44.9 Å². The van der Waals surface area contributed by atoms with Gasteiger partial charge in [0.15, 0.2) is 0 Å². The van der Waals surface area contributed by atoms with E-state index in [-0.39, 0.29) is 42.3 Å². The molecule has 0 aromatic heterocycles. The van der Waals surface area contributed by atoms with Gasteiger partial charge in [0, 0.05) is 24.4 Å². The van der Waals surface area contributed by atoms with Crippen LogP contribution in [0.1, 0.15) is 79.1 Å². The number of nitrogens with zero attached hydrogens (tertiary/aromatic N) is 1. The number of carbonyl (C=O) groups excluding carboxylic acids is 4. The average Bonchev–Trinajstić information content (AvgIpc) is 3.34. The summed E-state index contributed by atoms with van der Waals surface area (Å²) in [4.78, 5) is 51.5. The molecule has 2 rings (SSSR count). The normalized spacial score (nSPS) is 19.2. The Morgan fingerprint density at radius 2 is 1.67 bits per heavy atom. The molecule has 2 fully saturated rings. The zero-order valence-electron chi connectivity index (χ0n) is 22.4. The Kier molecular flexibility index (Phi) is 11.0. The van der Waals surface area contributed by atoms with Crippen molar-refractivity contribution < 1.29 is 23.9 Å². The molecule has 0 radical (unpaired) electrons. The van der Waals surface area contributed by atoms with Crippen LogP contribution in [-0.4, -0.2) is 65.9 Å². The maximum Gasteiger partial charge on any atom is 0.408 e. The van der Waals surface area contributed by atoms with Gasteiger partial charge in [0.05, 0.1) is 12.6 Å². The zero-order valence-corrected chi connectivity index (χ0v) is 22.4. The van der Waals surface area contributed by atoms with Gasteiger partial charge in [0.25, 0.3) is 0 Å². The second-order valence-corrected chi connectivity index (χ2v) is 10.6. The van der Waals surface area contributed by atoms with Crippen LogP contribution in [-0.2, 0) is 19.1 Å². The molecule has 3 N–H and O–H groups in total. The zero-order chi connectivity index (χ0) is 26.9. The van der Waals surface area contributed by atoms with Crippen molar-refractivity contribution in [1.29, 1.82) is 0 Å². The highest BCUT2D eigenvalue weighted by molar-refractivity contribution is 5.95. The minimum atomic E-state index is -0.647. The number of hydrogen-bond donors (Lipinski definition) is 3. The minimum Gasteiger partial charge on any atom is -0.444 e. The van der Waals surface area contributed by atoms with E-state index in [1.165, 1.54) is 6.92 Å². The van der Waals surface area contributed by atoms with Crippen LogP contribution in [0.25, 0.3) is 0 Å². The van der Waals surface area contributed by atoms with Gasteiger partial charge >= 0.3 is 6.09 Å². The number of hydrogen-bond acceptors (Lipinski definition) is 6. The Labute approximate surface area is 215 Å². The third kappa shape index (κ3) is 8.68. The SMILES string of the molecule is C=C(CNC(=C)C1CCCN1C(=O)C(NC(=O)OC(C)(C)CC)C1CCCCC1)C(=O)NCC(C)=O. The number of ether oxygens (including phenoxy) is 1. The fourth-order valence-electron chi connectivity index (χ4n) is 4.65. The van der Waals surface area contributed by atoms with Crippen LogP contribution in [0.3, 0.4) is 0 Å². The van der Waals surface area contributed by atoms with E-state index in [9.17, 15) is 19.2 Å². The van der Waals surface area contributed by atoms with Crippen molar-refractivity contribution >= 4 is 23.7 Å². The fourth-order valence-corrected chi connectivity index (χ4v) is 4.65. The lowest BCUT2D eigenvalue weighted by molar-refractivity contribution is -0.135. The van der Waals surface area contributed by atoms with Crippen LogP contribution in [0.5, 0.6) is 0 Å². The molecule has 0 bridgehead atoms. The van der Waals surface area contributed by atoms with Gasteiger partial charge in [-0.1, -0.05) is 39.3 Å². The molecule has 3 amide bonds. The lowest BCUT2D eigenvalue weighted by Gasteiger charge is -2.36. The number of alkyl carbamates (subject to hydrolysis) is 1. The summed E-state index contributed by atoms with van der Waals surface area (Å²) in [7, 11) is 0. The van der Waals surface area contributed by atoms with E-state index in [0.29, 0.717) is 18.7 Å². The summed E-state index contributed by atoms with van der Waals surface area (Å²) in [5, 5.41) is 8.55. The molecule has 2 aliphatic rings. The molecule has 1 aliphatic carbocycles. The highest BCUT2D eigenvalue weighted by Crippen LogP contribution is 2.30. The largest absolute Gasteiger partial charge is 0.444 e. The molecule has 202 valence electrons. The molecule has 1 saturated carbocycles. The number of likely N-dealkylation sites (tertiary alicyclic amines) is 1. The second kappa shape index (κ2) is 13.5. The van der Waals surface area contributed by atoms with E-state index in [1.54, 1.807) is 4.90 Å². The number of rotatable bonds is 12. The van der Waals surface area contributed by atoms with Crippen LogP contribution in [0.4, 0.5) is 4.79 Å². The highest BCUT2D eigenvalue weighted by Gasteiger charge is 2.39. The molecule has 0 spiro atoms. The van der Waals surface area contributed by atoms with Gasteiger partial charge in [-0.15, -0.1) is 0 Å². The number of Topliss-reactive ketones (excluding diaryl/α,β-unsaturated/α-hetero) is 1. The van der Waals surface area contributed by atoms with Crippen LogP contribution >= 0.6 is 0 Å². The number of amides is 3. The number of nitrogens with one attached hydrogen (secondary N) is 3. The lowest BCUT2D eigenvalue weighted by atomic mass is 9.83. The molecule has 9 heteroatoms. The minimum absolute atomic E-state index is 0.0445. The van der Waals surface area contributed by atoms with Crippen LogP contribution in [0.15, 0.2) is 24.4 Å². The Balaban J connectivity index is 2.05. The monoisotopic (exact) mass is 504 g/mol. The third-order valence-electron chi connectivity index (χ3n) is 7.17. The van der Waals surface area contributed by atoms with E-state index in [2.05, 4.69) is 29.1 Å². The van der Waals surface area contributed by atoms with Crippen molar-refractivity contribution in [2.24, 2.45) is 5.92 Å². The van der Waals surface area contributed by atoms with Crippen molar-refractivity contribution in [3.8, 4) is 0 Å². The van der Waals surface area contributed by atoms with Crippen LogP contribution in [0, 0.1) is 5.92 Å². The van der Waals surface area contributed by atoms with E-state index < -0.39 is 23.6 Å². The van der Waals surface area contributed by atoms with E-state index >= 15 is 0 Å². The summed E-state index contributed by atoms with van der Waals surface area (Å²) >= 11 is 0. The maximum atomic E-state index is 13.8. The predicted molar refractivity (Wildman–Crippen MR) is 139 cm³/mol. The van der Waals surface area contributed by atoms with Crippen LogP contribution in [0.2, 0.25) is 0 Å². The molecule has 1 aliphatic heterocycles. The van der Waals surface area contributed by atoms with E-state index in [1.807, 2.05) is 20.8 Å². The summed E-state index contributed by atoms with van der Waals surface area (Å²) in [5.41, 5.74) is 0.285. The molecule has 9 nitrogen and oxygen atoms in total. The molecule has 2 unspecified atom stereocenters. The first-order valence-electron chi connectivity index (χ1n) is 13.1. The van der Waals surface area contributed by atoms with Crippen molar-refractivity contribution in [3.05, 3.63) is 24.4 Å². The maximum absolute atomic E-state index is 13.8. The predicted octanol–water partition coefficient (Wildman–Crippen LogP) is 3.21. The summed E-state index contributed by atoms with van der Waals surface area (Å²) in [6.45, 7) is 15.6. The molecule has 0 aromatic carbocycles. The number of ketones is 1. The van der Waals surface area contributed by atoms with Gasteiger partial charge in [-0.3, -0.25) is 14.4 Å². The highest BCUT2D eigenvalue weighted by atomic mass is 16.6. The summed E-state index contributed by atoms with van der Waals surface area (Å²) in [5.74, 6) is -0.593. The van der Waals surface area contributed by atoms with Crippen molar-refractivity contribution in [1.82, 2.24) is 20.9 Å². The van der Waals surface area contributed by atoms with Gasteiger partial charge < -0.3 is 25.6 Å². The van der Waals surface area contributed by atoms with Crippen molar-refractivity contribution in [3.63, 3.8) is 0 Å². The molecular weight excluding hydrogens is 460 g/mol. The second-order valence-electron chi connectivity index (χ2n) is 10.6. The molecule has 1 saturated heterocycles. The Bertz CT molecular complexity index is 847. The van der Waals surface area contributed by atoms with Gasteiger partial charge in [-0.25, -0.2) is 4.79 Å². The first kappa shape index (κ1) is 29.4. The van der Waals surface area contributed by atoms with Gasteiger partial charge in [0.1, 0.15) is 17.4 Å². The van der Waals surface area contributed by atoms with E-state index in [4.69, 9.17) is 4.74 Å². The third-order valence-corrected chi connectivity index (χ3v) is 7.17. The summed E-state index contributed by atoms with van der Waals surface area (Å²) in [6, 6.07) is -0.896. The Morgan fingerprint density at radius 3 is 2.28 bits per heavy atom. The molecule has 0 aromatic rings. The lowest BCUT2D eigenvalue weighted by Crippen LogP contribution is -2.55. The van der Waals surface area contributed by atoms with Crippen LogP contribution < -0.4 is 16.0 Å². The molecule has 36 heavy (non-hydrogen) atoms. The van der Waals surface area contributed by atoms with Crippen molar-refractivity contribution in [2.45, 2.75) is 96.7 Å². The van der Waals surface area contributed by atoms with Gasteiger partial charge in [-0.2, -0.15) is 0 Å². The first-order valence-corrected chi connectivity index (χ1v) is 13.1. The smallest absolute Gasteiger partial charge is 0.408 e. The van der Waals surface area contributed by atoms with Gasteiger partial charge in [-0.05, 0) is 58.8 Å². The Morgan fingerprint density at radius 1 is 1.00 bits per heavy atom. The molecule has 1 heterocycles. The average molecular weight is 505 g/mol. The quantitative estimate of drug-likeness (QED) is 0.352. The summed E-state index contributed by atoms with van der Waals surface area (Å²) < 4.78 is 5.60. The number of carbonyl (C=O) groups is 4. The molecular formula is C27H44N4O5. The standard InChI is InChI=1S/C27H44N4O5/c1-7-27(5,6)36-26(35)30-23(21-12-9-8-10-13-21)25(34)31-15-11-14-22(31)20(4)28-16-18(2)24(33)29-17-19(3)32/h21-23,28H,2,4,7-17H2,1,3,5-6H3,(H,29,33)(H,30,35). The fraction of sp³-hybridized carbons (Fsp3) is 0.704. The van der Waals surface area contributed by atoms with Gasteiger partial charge in [0.2, 0.25) is 11.8 Å². The Hall–Kier alpha value is -2.84. The first-order chi connectivity index (χ1) is 16.9. The topological polar surface area (TPSA) is 117 Å².